The molecule has 12 heteroatoms. The van der Waals surface area contributed by atoms with Crippen molar-refractivity contribution in [3.05, 3.63) is 18.0 Å². The van der Waals surface area contributed by atoms with E-state index < -0.39 is 36.5 Å². The SMILES string of the molecule is O=C1CC(C(F)F)NC(N2CCN(c3nccc(C(F)(F)F)n3)CC2)N1. The quantitative estimate of drug-likeness (QED) is 0.750. The Labute approximate surface area is 145 Å². The molecule has 1 amide bonds. The molecule has 2 aliphatic heterocycles. The molecule has 0 spiro atoms. The summed E-state index contributed by atoms with van der Waals surface area (Å²) in [4.78, 5) is 22.3. The minimum absolute atomic E-state index is 0.0365. The van der Waals surface area contributed by atoms with Gasteiger partial charge in [0.15, 0.2) is 0 Å². The van der Waals surface area contributed by atoms with Crippen LogP contribution in [0.15, 0.2) is 12.3 Å². The van der Waals surface area contributed by atoms with Crippen LogP contribution in [0.2, 0.25) is 0 Å². The van der Waals surface area contributed by atoms with Crippen molar-refractivity contribution in [2.75, 3.05) is 31.1 Å². The average molecular weight is 380 g/mol. The van der Waals surface area contributed by atoms with E-state index in [1.54, 1.807) is 9.80 Å². The summed E-state index contributed by atoms with van der Waals surface area (Å²) in [6, 6.07) is -0.426. The van der Waals surface area contributed by atoms with Crippen LogP contribution in [-0.2, 0) is 11.0 Å². The maximum absolute atomic E-state index is 12.9. The third-order valence-electron chi connectivity index (χ3n) is 4.27. The Morgan fingerprint density at radius 1 is 1.19 bits per heavy atom. The Hall–Kier alpha value is -2.08. The number of anilines is 1. The standard InChI is InChI=1S/C14H17F5N6O/c15-11(16)8-7-10(26)23-13(21-8)25-5-3-24(4-6-25)12-20-2-1-9(22-12)14(17,18)19/h1-2,8,11,13,21H,3-7H2,(H,23,26). The second-order valence-electron chi connectivity index (χ2n) is 6.04. The van der Waals surface area contributed by atoms with Gasteiger partial charge >= 0.3 is 6.18 Å². The smallest absolute Gasteiger partial charge is 0.338 e. The molecule has 0 radical (unpaired) electrons. The zero-order chi connectivity index (χ0) is 18.9. The van der Waals surface area contributed by atoms with E-state index in [1.165, 1.54) is 0 Å². The van der Waals surface area contributed by atoms with Gasteiger partial charge < -0.3 is 10.2 Å². The third kappa shape index (κ3) is 4.18. The molecule has 2 fully saturated rings. The van der Waals surface area contributed by atoms with E-state index in [4.69, 9.17) is 0 Å². The predicted molar refractivity (Wildman–Crippen MR) is 80.3 cm³/mol. The van der Waals surface area contributed by atoms with Crippen molar-refractivity contribution in [1.29, 1.82) is 0 Å². The first-order chi connectivity index (χ1) is 12.2. The Bertz CT molecular complexity index is 649. The van der Waals surface area contributed by atoms with E-state index in [9.17, 15) is 26.7 Å². The number of hydrogen-bond donors (Lipinski definition) is 2. The van der Waals surface area contributed by atoms with Gasteiger partial charge in [-0.05, 0) is 6.07 Å². The number of amides is 1. The predicted octanol–water partition coefficient (Wildman–Crippen LogP) is 0.644. The Morgan fingerprint density at radius 2 is 1.88 bits per heavy atom. The van der Waals surface area contributed by atoms with Crippen LogP contribution in [0.4, 0.5) is 27.9 Å². The van der Waals surface area contributed by atoms with Crippen LogP contribution in [0, 0.1) is 0 Å². The summed E-state index contributed by atoms with van der Waals surface area (Å²) in [5.41, 5.74) is -1.02. The number of halogens is 5. The number of piperazine rings is 1. The lowest BCUT2D eigenvalue weighted by molar-refractivity contribution is -0.141. The largest absolute Gasteiger partial charge is 0.433 e. The number of carbonyl (C=O) groups is 1. The highest BCUT2D eigenvalue weighted by Gasteiger charge is 2.36. The highest BCUT2D eigenvalue weighted by Crippen LogP contribution is 2.28. The number of nitrogens with zero attached hydrogens (tertiary/aromatic N) is 4. The molecule has 0 bridgehead atoms. The van der Waals surface area contributed by atoms with Gasteiger partial charge in [-0.15, -0.1) is 0 Å². The van der Waals surface area contributed by atoms with Gasteiger partial charge in [-0.3, -0.25) is 15.0 Å². The van der Waals surface area contributed by atoms with Crippen molar-refractivity contribution >= 4 is 11.9 Å². The van der Waals surface area contributed by atoms with E-state index in [-0.39, 0.29) is 12.4 Å². The van der Waals surface area contributed by atoms with Crippen LogP contribution in [0.3, 0.4) is 0 Å². The summed E-state index contributed by atoms with van der Waals surface area (Å²) in [7, 11) is 0. The lowest BCUT2D eigenvalue weighted by Gasteiger charge is -2.42. The number of rotatable bonds is 3. The second-order valence-corrected chi connectivity index (χ2v) is 6.04. The first-order valence-corrected chi connectivity index (χ1v) is 7.97. The molecule has 2 saturated heterocycles. The molecule has 144 valence electrons. The van der Waals surface area contributed by atoms with Gasteiger partial charge in [0.25, 0.3) is 6.43 Å². The van der Waals surface area contributed by atoms with Crippen LogP contribution in [0.25, 0.3) is 0 Å². The van der Waals surface area contributed by atoms with E-state index >= 15 is 0 Å². The van der Waals surface area contributed by atoms with Gasteiger partial charge in [0.05, 0.1) is 6.04 Å². The Kier molecular flexibility index (Phi) is 5.23. The van der Waals surface area contributed by atoms with E-state index in [1.807, 2.05) is 0 Å². The van der Waals surface area contributed by atoms with Crippen molar-refractivity contribution < 1.29 is 26.7 Å². The summed E-state index contributed by atoms with van der Waals surface area (Å²) in [6.45, 7) is 1.28. The van der Waals surface area contributed by atoms with Crippen molar-refractivity contribution in [2.24, 2.45) is 0 Å². The topological polar surface area (TPSA) is 73.4 Å². The van der Waals surface area contributed by atoms with Gasteiger partial charge in [-0.1, -0.05) is 0 Å². The minimum Gasteiger partial charge on any atom is -0.338 e. The monoisotopic (exact) mass is 380 g/mol. The van der Waals surface area contributed by atoms with Crippen molar-refractivity contribution in [1.82, 2.24) is 25.5 Å². The summed E-state index contributed by atoms with van der Waals surface area (Å²) in [6.07, 6.45) is -7.21. The second kappa shape index (κ2) is 7.27. The van der Waals surface area contributed by atoms with Crippen LogP contribution in [0.5, 0.6) is 0 Å². The molecular weight excluding hydrogens is 363 g/mol. The molecule has 1 aromatic rings. The maximum Gasteiger partial charge on any atom is 0.433 e. The molecule has 0 aromatic carbocycles. The van der Waals surface area contributed by atoms with Crippen molar-refractivity contribution in [3.8, 4) is 0 Å². The Balaban J connectivity index is 1.62. The number of nitrogens with one attached hydrogen (secondary N) is 2. The van der Waals surface area contributed by atoms with Crippen LogP contribution in [0.1, 0.15) is 12.1 Å². The van der Waals surface area contributed by atoms with Crippen LogP contribution >= 0.6 is 0 Å². The Morgan fingerprint density at radius 3 is 2.50 bits per heavy atom. The maximum atomic E-state index is 12.9. The van der Waals surface area contributed by atoms with Gasteiger partial charge in [-0.25, -0.2) is 18.7 Å². The minimum atomic E-state index is -4.56. The first-order valence-electron chi connectivity index (χ1n) is 7.97. The third-order valence-corrected chi connectivity index (χ3v) is 4.27. The van der Waals surface area contributed by atoms with E-state index in [0.717, 1.165) is 12.3 Å². The molecule has 7 nitrogen and oxygen atoms in total. The summed E-state index contributed by atoms with van der Waals surface area (Å²) in [5.74, 6) is -0.506. The summed E-state index contributed by atoms with van der Waals surface area (Å²) >= 11 is 0. The lowest BCUT2D eigenvalue weighted by Crippen LogP contribution is -2.67. The molecule has 3 heterocycles. The summed E-state index contributed by atoms with van der Waals surface area (Å²) < 4.78 is 64.0. The van der Waals surface area contributed by atoms with Gasteiger partial charge in [-0.2, -0.15) is 13.2 Å². The number of carbonyl (C=O) groups excluding carboxylic acids is 1. The fourth-order valence-corrected chi connectivity index (χ4v) is 2.91. The molecule has 2 N–H and O–H groups in total. The molecule has 2 unspecified atom stereocenters. The van der Waals surface area contributed by atoms with Gasteiger partial charge in [0.2, 0.25) is 11.9 Å². The molecular formula is C14H17F5N6O. The molecule has 2 aliphatic rings. The van der Waals surface area contributed by atoms with Gasteiger partial charge in [0, 0.05) is 38.8 Å². The zero-order valence-electron chi connectivity index (χ0n) is 13.5. The number of hydrogen-bond acceptors (Lipinski definition) is 6. The fourth-order valence-electron chi connectivity index (χ4n) is 2.91. The average Bonchev–Trinajstić information content (AvgIpc) is 2.61. The lowest BCUT2D eigenvalue weighted by atomic mass is 10.1. The van der Waals surface area contributed by atoms with Crippen molar-refractivity contribution in [2.45, 2.75) is 31.4 Å². The zero-order valence-corrected chi connectivity index (χ0v) is 13.5. The molecule has 3 rings (SSSR count). The van der Waals surface area contributed by atoms with E-state index in [0.29, 0.717) is 26.2 Å². The van der Waals surface area contributed by atoms with E-state index in [2.05, 4.69) is 20.6 Å². The normalized spacial score (nSPS) is 25.5. The number of aromatic nitrogens is 2. The molecule has 1 aromatic heterocycles. The number of alkyl halides is 5. The summed E-state index contributed by atoms with van der Waals surface area (Å²) in [5, 5.41) is 5.28. The van der Waals surface area contributed by atoms with Crippen LogP contribution < -0.4 is 15.5 Å². The fraction of sp³-hybridized carbons (Fsp3) is 0.643. The van der Waals surface area contributed by atoms with Crippen molar-refractivity contribution in [3.63, 3.8) is 0 Å². The molecule has 26 heavy (non-hydrogen) atoms. The molecule has 0 saturated carbocycles. The first kappa shape index (κ1) is 18.7. The van der Waals surface area contributed by atoms with Gasteiger partial charge in [0.1, 0.15) is 12.0 Å². The molecule has 2 atom stereocenters. The molecule has 0 aliphatic carbocycles. The highest BCUT2D eigenvalue weighted by molar-refractivity contribution is 5.77. The van der Waals surface area contributed by atoms with Crippen LogP contribution in [-0.4, -0.2) is 65.7 Å². The highest BCUT2D eigenvalue weighted by atomic mass is 19.4.